The van der Waals surface area contributed by atoms with Gasteiger partial charge in [0.15, 0.2) is 5.82 Å². The first-order chi connectivity index (χ1) is 24.8. The van der Waals surface area contributed by atoms with Gasteiger partial charge in [0.05, 0.1) is 16.8 Å². The average molecular weight is 637 g/mol. The maximum atomic E-state index is 5.52. The van der Waals surface area contributed by atoms with E-state index in [2.05, 4.69) is 164 Å². The highest BCUT2D eigenvalue weighted by molar-refractivity contribution is 6.93. The lowest BCUT2D eigenvalue weighted by Crippen LogP contribution is -2.36. The Kier molecular flexibility index (Phi) is 7.32. The van der Waals surface area contributed by atoms with Crippen molar-refractivity contribution in [2.75, 3.05) is 0 Å². The van der Waals surface area contributed by atoms with Gasteiger partial charge in [-0.15, -0.1) is 5.98 Å². The fraction of sp³-hybridized carbons (Fsp3) is 0.0213. The van der Waals surface area contributed by atoms with Crippen LogP contribution >= 0.6 is 0 Å². The quantitative estimate of drug-likeness (QED) is 0.163. The van der Waals surface area contributed by atoms with Crippen LogP contribution in [0.15, 0.2) is 200 Å². The fourth-order valence-electron chi connectivity index (χ4n) is 8.10. The third-order valence-electron chi connectivity index (χ3n) is 10.3. The zero-order chi connectivity index (χ0) is 33.5. The zero-order valence-corrected chi connectivity index (χ0v) is 27.6. The number of aromatic nitrogens is 2. The molecule has 1 atom stereocenters. The zero-order valence-electron chi connectivity index (χ0n) is 27.6. The topological polar surface area (TPSA) is 25.8 Å². The first-order valence-corrected chi connectivity index (χ1v) is 17.2. The van der Waals surface area contributed by atoms with Crippen molar-refractivity contribution >= 4 is 23.2 Å². The van der Waals surface area contributed by atoms with E-state index in [-0.39, 0.29) is 6.71 Å². The standard InChI is InChI=1S/C47H33BN2/c1-2-36-37-24-12-15-27-40(37)47(35-22-10-5-11-23-35,41(36)30-31-48-42-28-16-13-25-38(42)39-26-14-17-29-43(39)48)45-32-44(33-18-6-3-7-19-33)49-46(50-45)34-20-8-4-9-21-34/h2-32H,1H2/b31-30+. The second-order valence-electron chi connectivity index (χ2n) is 12.9. The maximum Gasteiger partial charge on any atom is 0.235 e. The summed E-state index contributed by atoms with van der Waals surface area (Å²) in [4.78, 5) is 10.7. The molecule has 1 aromatic heterocycles. The average Bonchev–Trinajstić information content (AvgIpc) is 3.67. The van der Waals surface area contributed by atoms with Gasteiger partial charge in [-0.2, -0.15) is 0 Å². The Morgan fingerprint density at radius 3 is 1.72 bits per heavy atom. The molecule has 0 amide bonds. The predicted octanol–water partition coefficient (Wildman–Crippen LogP) is 9.48. The number of benzene rings is 6. The highest BCUT2D eigenvalue weighted by Gasteiger charge is 2.48. The van der Waals surface area contributed by atoms with Crippen LogP contribution in [0.3, 0.4) is 0 Å². The van der Waals surface area contributed by atoms with Crippen molar-refractivity contribution in [2.45, 2.75) is 5.41 Å². The number of fused-ring (bicyclic) bond motifs is 4. The molecule has 3 heteroatoms. The Hall–Kier alpha value is -6.32. The smallest absolute Gasteiger partial charge is 0.231 e. The molecule has 2 nitrogen and oxygen atoms in total. The van der Waals surface area contributed by atoms with Crippen LogP contribution in [-0.4, -0.2) is 16.7 Å². The molecule has 0 spiro atoms. The van der Waals surface area contributed by atoms with Crippen LogP contribution in [0.2, 0.25) is 0 Å². The molecule has 0 fully saturated rings. The van der Waals surface area contributed by atoms with Crippen molar-refractivity contribution in [1.82, 2.24) is 9.97 Å². The number of rotatable bonds is 7. The molecule has 0 N–H and O–H groups in total. The monoisotopic (exact) mass is 636 g/mol. The van der Waals surface area contributed by atoms with Crippen LogP contribution in [0.25, 0.3) is 39.3 Å². The van der Waals surface area contributed by atoms with Crippen LogP contribution in [0.1, 0.15) is 22.4 Å². The molecular formula is C47H33BN2. The van der Waals surface area contributed by atoms with Gasteiger partial charge in [-0.05, 0) is 45.0 Å². The van der Waals surface area contributed by atoms with Crippen LogP contribution in [-0.2, 0) is 5.41 Å². The minimum Gasteiger partial charge on any atom is -0.231 e. The first-order valence-electron chi connectivity index (χ1n) is 17.2. The fourth-order valence-corrected chi connectivity index (χ4v) is 8.10. The van der Waals surface area contributed by atoms with E-state index in [0.717, 1.165) is 39.2 Å². The van der Waals surface area contributed by atoms with Gasteiger partial charge in [0.1, 0.15) is 0 Å². The highest BCUT2D eigenvalue weighted by Crippen LogP contribution is 2.55. The van der Waals surface area contributed by atoms with Gasteiger partial charge in [-0.3, -0.25) is 0 Å². The number of hydrogen-bond acceptors (Lipinski definition) is 2. The Bertz CT molecular complexity index is 2340. The van der Waals surface area contributed by atoms with Crippen molar-refractivity contribution in [2.24, 2.45) is 0 Å². The SMILES string of the molecule is C=CC1=C(/C=C/B2c3ccccc3-c3ccccc32)C(c2ccccc2)(c2cc(-c3ccccc3)nc(-c3ccccc3)n2)c2ccccc21. The summed E-state index contributed by atoms with van der Waals surface area (Å²) in [5, 5.41) is 0. The summed E-state index contributed by atoms with van der Waals surface area (Å²) < 4.78 is 0. The van der Waals surface area contributed by atoms with Crippen molar-refractivity contribution in [3.63, 3.8) is 0 Å². The van der Waals surface area contributed by atoms with E-state index in [1.807, 2.05) is 30.3 Å². The summed E-state index contributed by atoms with van der Waals surface area (Å²) in [6.07, 6.45) is 4.39. The van der Waals surface area contributed by atoms with E-state index >= 15 is 0 Å². The molecule has 0 radical (unpaired) electrons. The van der Waals surface area contributed by atoms with Crippen LogP contribution in [0, 0.1) is 0 Å². The van der Waals surface area contributed by atoms with Gasteiger partial charge in [0.2, 0.25) is 6.71 Å². The van der Waals surface area contributed by atoms with E-state index in [4.69, 9.17) is 9.97 Å². The summed E-state index contributed by atoms with van der Waals surface area (Å²) in [6, 6.07) is 60.1. The van der Waals surface area contributed by atoms with Gasteiger partial charge in [-0.25, -0.2) is 9.97 Å². The first kappa shape index (κ1) is 29.8. The predicted molar refractivity (Wildman–Crippen MR) is 209 cm³/mol. The highest BCUT2D eigenvalue weighted by atomic mass is 14.9. The lowest BCUT2D eigenvalue weighted by molar-refractivity contribution is 0.726. The molecule has 234 valence electrons. The molecule has 2 heterocycles. The Morgan fingerprint density at radius 2 is 1.08 bits per heavy atom. The van der Waals surface area contributed by atoms with E-state index < -0.39 is 5.41 Å². The molecule has 50 heavy (non-hydrogen) atoms. The van der Waals surface area contributed by atoms with E-state index in [1.165, 1.54) is 33.2 Å². The summed E-state index contributed by atoms with van der Waals surface area (Å²) in [5.41, 5.74) is 14.1. The van der Waals surface area contributed by atoms with E-state index in [9.17, 15) is 0 Å². The second kappa shape index (κ2) is 12.3. The molecule has 7 aromatic rings. The summed E-state index contributed by atoms with van der Waals surface area (Å²) in [7, 11) is 0. The van der Waals surface area contributed by atoms with Crippen molar-refractivity contribution < 1.29 is 0 Å². The van der Waals surface area contributed by atoms with Crippen molar-refractivity contribution in [3.8, 4) is 33.8 Å². The number of nitrogens with zero attached hydrogens (tertiary/aromatic N) is 2. The van der Waals surface area contributed by atoms with Crippen LogP contribution in [0.4, 0.5) is 0 Å². The molecule has 0 saturated carbocycles. The largest absolute Gasteiger partial charge is 0.235 e. The molecular weight excluding hydrogens is 603 g/mol. The lowest BCUT2D eigenvalue weighted by atomic mass is 9.43. The summed E-state index contributed by atoms with van der Waals surface area (Å²) in [5.74, 6) is 3.09. The van der Waals surface area contributed by atoms with Crippen molar-refractivity contribution in [1.29, 1.82) is 0 Å². The normalized spacial score (nSPS) is 16.0. The van der Waals surface area contributed by atoms with Gasteiger partial charge in [0, 0.05) is 11.1 Å². The van der Waals surface area contributed by atoms with Gasteiger partial charge >= 0.3 is 0 Å². The minimum absolute atomic E-state index is 0.114. The third-order valence-corrected chi connectivity index (χ3v) is 10.3. The van der Waals surface area contributed by atoms with Gasteiger partial charge in [0.25, 0.3) is 0 Å². The van der Waals surface area contributed by atoms with Crippen LogP contribution < -0.4 is 10.9 Å². The Labute approximate surface area is 294 Å². The maximum absolute atomic E-state index is 5.52. The van der Waals surface area contributed by atoms with Crippen LogP contribution in [0.5, 0.6) is 0 Å². The summed E-state index contributed by atoms with van der Waals surface area (Å²) in [6.45, 7) is 4.52. The van der Waals surface area contributed by atoms with E-state index in [1.54, 1.807) is 0 Å². The van der Waals surface area contributed by atoms with E-state index in [0.29, 0.717) is 5.82 Å². The van der Waals surface area contributed by atoms with Gasteiger partial charge in [-0.1, -0.05) is 193 Å². The van der Waals surface area contributed by atoms with Crippen molar-refractivity contribution in [3.05, 3.63) is 223 Å². The lowest BCUT2D eigenvalue weighted by Gasteiger charge is -2.34. The van der Waals surface area contributed by atoms with Gasteiger partial charge < -0.3 is 0 Å². The molecule has 1 aliphatic heterocycles. The molecule has 1 aliphatic carbocycles. The summed E-state index contributed by atoms with van der Waals surface area (Å²) >= 11 is 0. The molecule has 6 aromatic carbocycles. The number of allylic oxidation sites excluding steroid dienone is 4. The third kappa shape index (κ3) is 4.66. The minimum atomic E-state index is -0.745. The molecule has 0 saturated heterocycles. The second-order valence-corrected chi connectivity index (χ2v) is 12.9. The molecule has 0 bridgehead atoms. The molecule has 9 rings (SSSR count). The molecule has 1 unspecified atom stereocenters. The Balaban J connectivity index is 1.35. The molecule has 2 aliphatic rings. The number of hydrogen-bond donors (Lipinski definition) is 0. The Morgan fingerprint density at radius 1 is 0.540 bits per heavy atom.